The van der Waals surface area contributed by atoms with Gasteiger partial charge in [-0.2, -0.15) is 0 Å². The molecule has 112 valence electrons. The molecule has 3 rings (SSSR count). The molecule has 3 aromatic rings. The maximum Gasteiger partial charge on any atom is 0.119 e. The monoisotopic (exact) mass is 292 g/mol. The molecule has 0 radical (unpaired) electrons. The number of rotatable bonds is 4. The Labute approximate surface area is 132 Å². The number of methoxy groups -OCH3 is 1. The normalized spacial score (nSPS) is 9.32. The SMILES string of the molecule is COc1ccccc1.c1ccc(COc2ccccc2)cc1. The molecule has 3 aromatic carbocycles. The van der Waals surface area contributed by atoms with Gasteiger partial charge < -0.3 is 9.47 Å². The standard InChI is InChI=1S/C13H12O.C7H8O/c1-3-7-12(8-4-1)11-14-13-9-5-2-6-10-13;1-8-7-5-3-2-4-6-7/h1-10H,11H2;2-6H,1H3. The van der Waals surface area contributed by atoms with Crippen LogP contribution < -0.4 is 9.47 Å². The van der Waals surface area contributed by atoms with Crippen LogP contribution >= 0.6 is 0 Å². The quantitative estimate of drug-likeness (QED) is 0.676. The first-order valence-corrected chi connectivity index (χ1v) is 7.19. The van der Waals surface area contributed by atoms with Crippen LogP contribution in [-0.2, 0) is 6.61 Å². The van der Waals surface area contributed by atoms with Crippen LogP contribution in [0.2, 0.25) is 0 Å². The van der Waals surface area contributed by atoms with E-state index in [4.69, 9.17) is 9.47 Å². The summed E-state index contributed by atoms with van der Waals surface area (Å²) in [6.07, 6.45) is 0. The molecule has 2 nitrogen and oxygen atoms in total. The lowest BCUT2D eigenvalue weighted by Gasteiger charge is -2.05. The summed E-state index contributed by atoms with van der Waals surface area (Å²) < 4.78 is 10.5. The van der Waals surface area contributed by atoms with Crippen LogP contribution in [-0.4, -0.2) is 7.11 Å². The van der Waals surface area contributed by atoms with Crippen molar-refractivity contribution < 1.29 is 9.47 Å². The van der Waals surface area contributed by atoms with Gasteiger partial charge in [0, 0.05) is 0 Å². The van der Waals surface area contributed by atoms with E-state index in [1.807, 2.05) is 78.9 Å². The van der Waals surface area contributed by atoms with Gasteiger partial charge in [0.05, 0.1) is 7.11 Å². The molecule has 0 aliphatic heterocycles. The van der Waals surface area contributed by atoms with E-state index in [0.717, 1.165) is 11.5 Å². The highest BCUT2D eigenvalue weighted by atomic mass is 16.5. The Bertz CT molecular complexity index is 582. The summed E-state index contributed by atoms with van der Waals surface area (Å²) in [6.45, 7) is 0.630. The molecule has 0 N–H and O–H groups in total. The highest BCUT2D eigenvalue weighted by Crippen LogP contribution is 2.11. The van der Waals surface area contributed by atoms with Gasteiger partial charge in [-0.25, -0.2) is 0 Å². The van der Waals surface area contributed by atoms with Crippen molar-refractivity contribution in [1.82, 2.24) is 0 Å². The van der Waals surface area contributed by atoms with Gasteiger partial charge in [-0.15, -0.1) is 0 Å². The van der Waals surface area contributed by atoms with Gasteiger partial charge in [-0.05, 0) is 29.8 Å². The molecule has 0 fully saturated rings. The van der Waals surface area contributed by atoms with Gasteiger partial charge in [-0.3, -0.25) is 0 Å². The van der Waals surface area contributed by atoms with Crippen molar-refractivity contribution in [1.29, 1.82) is 0 Å². The molecule has 2 heteroatoms. The highest BCUT2D eigenvalue weighted by Gasteiger charge is 1.92. The molecule has 0 atom stereocenters. The van der Waals surface area contributed by atoms with Crippen LogP contribution in [0.4, 0.5) is 0 Å². The Balaban J connectivity index is 0.000000188. The van der Waals surface area contributed by atoms with Gasteiger partial charge in [0.25, 0.3) is 0 Å². The van der Waals surface area contributed by atoms with E-state index in [-0.39, 0.29) is 0 Å². The molecule has 0 heterocycles. The molecule has 0 saturated heterocycles. The molecule has 22 heavy (non-hydrogen) atoms. The summed E-state index contributed by atoms with van der Waals surface area (Å²) >= 11 is 0. The molecule has 0 spiro atoms. The Morgan fingerprint density at radius 2 is 1.05 bits per heavy atom. The summed E-state index contributed by atoms with van der Waals surface area (Å²) in [7, 11) is 1.66. The Morgan fingerprint density at radius 1 is 0.591 bits per heavy atom. The van der Waals surface area contributed by atoms with Crippen molar-refractivity contribution in [2.45, 2.75) is 6.61 Å². The van der Waals surface area contributed by atoms with E-state index >= 15 is 0 Å². The number of para-hydroxylation sites is 2. The van der Waals surface area contributed by atoms with Crippen molar-refractivity contribution >= 4 is 0 Å². The van der Waals surface area contributed by atoms with E-state index in [1.54, 1.807) is 7.11 Å². The number of hydrogen-bond donors (Lipinski definition) is 0. The van der Waals surface area contributed by atoms with E-state index < -0.39 is 0 Å². The first-order chi connectivity index (χ1) is 10.9. The second-order valence-corrected chi connectivity index (χ2v) is 4.60. The van der Waals surface area contributed by atoms with Crippen molar-refractivity contribution in [2.24, 2.45) is 0 Å². The summed E-state index contributed by atoms with van der Waals surface area (Å²) in [5, 5.41) is 0. The zero-order valence-electron chi connectivity index (χ0n) is 12.7. The zero-order valence-corrected chi connectivity index (χ0v) is 12.7. The summed E-state index contributed by atoms with van der Waals surface area (Å²) in [6, 6.07) is 29.7. The summed E-state index contributed by atoms with van der Waals surface area (Å²) in [5.41, 5.74) is 1.19. The molecular weight excluding hydrogens is 272 g/mol. The summed E-state index contributed by atoms with van der Waals surface area (Å²) in [5.74, 6) is 1.82. The Hall–Kier alpha value is -2.74. The second kappa shape index (κ2) is 9.24. The average molecular weight is 292 g/mol. The minimum absolute atomic E-state index is 0.630. The van der Waals surface area contributed by atoms with Crippen LogP contribution in [0.3, 0.4) is 0 Å². The lowest BCUT2D eigenvalue weighted by Crippen LogP contribution is -1.94. The summed E-state index contributed by atoms with van der Waals surface area (Å²) in [4.78, 5) is 0. The van der Waals surface area contributed by atoms with Crippen molar-refractivity contribution in [2.75, 3.05) is 7.11 Å². The van der Waals surface area contributed by atoms with Crippen LogP contribution in [0, 0.1) is 0 Å². The van der Waals surface area contributed by atoms with Gasteiger partial charge in [-0.1, -0.05) is 66.7 Å². The van der Waals surface area contributed by atoms with Crippen LogP contribution in [0.15, 0.2) is 91.0 Å². The first kappa shape index (κ1) is 15.6. The molecule has 0 aromatic heterocycles. The molecule has 0 unspecified atom stereocenters. The van der Waals surface area contributed by atoms with Crippen LogP contribution in [0.5, 0.6) is 11.5 Å². The fraction of sp³-hybridized carbons (Fsp3) is 0.100. The molecule has 0 amide bonds. The van der Waals surface area contributed by atoms with E-state index in [1.165, 1.54) is 5.56 Å². The lowest BCUT2D eigenvalue weighted by atomic mass is 10.2. The molecule has 0 bridgehead atoms. The van der Waals surface area contributed by atoms with E-state index in [9.17, 15) is 0 Å². The maximum atomic E-state index is 5.59. The number of ether oxygens (including phenoxy) is 2. The molecular formula is C20H20O2. The molecule has 0 aliphatic rings. The predicted molar refractivity (Wildman–Crippen MR) is 90.2 cm³/mol. The third-order valence-electron chi connectivity index (χ3n) is 2.97. The molecule has 0 saturated carbocycles. The highest BCUT2D eigenvalue weighted by molar-refractivity contribution is 5.22. The third kappa shape index (κ3) is 5.71. The van der Waals surface area contributed by atoms with Crippen molar-refractivity contribution in [3.05, 3.63) is 96.6 Å². The van der Waals surface area contributed by atoms with E-state index in [2.05, 4.69) is 12.1 Å². The maximum absolute atomic E-state index is 5.59. The lowest BCUT2D eigenvalue weighted by molar-refractivity contribution is 0.306. The topological polar surface area (TPSA) is 18.5 Å². The second-order valence-electron chi connectivity index (χ2n) is 4.60. The largest absolute Gasteiger partial charge is 0.497 e. The number of benzene rings is 3. The number of hydrogen-bond acceptors (Lipinski definition) is 2. The van der Waals surface area contributed by atoms with Gasteiger partial charge >= 0.3 is 0 Å². The fourth-order valence-electron chi connectivity index (χ4n) is 1.81. The predicted octanol–water partition coefficient (Wildman–Crippen LogP) is 4.96. The average Bonchev–Trinajstić information content (AvgIpc) is 2.63. The zero-order chi connectivity index (χ0) is 15.5. The minimum atomic E-state index is 0.630. The van der Waals surface area contributed by atoms with Crippen LogP contribution in [0.1, 0.15) is 5.56 Å². The van der Waals surface area contributed by atoms with Crippen molar-refractivity contribution in [3.63, 3.8) is 0 Å². The Kier molecular flexibility index (Phi) is 6.57. The first-order valence-electron chi connectivity index (χ1n) is 7.19. The smallest absolute Gasteiger partial charge is 0.119 e. The van der Waals surface area contributed by atoms with Crippen LogP contribution in [0.25, 0.3) is 0 Å². The van der Waals surface area contributed by atoms with E-state index in [0.29, 0.717) is 6.61 Å². The van der Waals surface area contributed by atoms with Crippen molar-refractivity contribution in [3.8, 4) is 11.5 Å². The fourth-order valence-corrected chi connectivity index (χ4v) is 1.81. The Morgan fingerprint density at radius 3 is 1.50 bits per heavy atom. The van der Waals surface area contributed by atoms with Gasteiger partial charge in [0.2, 0.25) is 0 Å². The third-order valence-corrected chi connectivity index (χ3v) is 2.97. The molecule has 0 aliphatic carbocycles. The van der Waals surface area contributed by atoms with Gasteiger partial charge in [0.15, 0.2) is 0 Å². The minimum Gasteiger partial charge on any atom is -0.497 e. The van der Waals surface area contributed by atoms with Gasteiger partial charge in [0.1, 0.15) is 18.1 Å².